The van der Waals surface area contributed by atoms with Gasteiger partial charge in [-0.15, -0.1) is 0 Å². The lowest BCUT2D eigenvalue weighted by molar-refractivity contribution is 0.185. The van der Waals surface area contributed by atoms with Crippen LogP contribution in [0.5, 0.6) is 0 Å². The molecule has 0 heterocycles. The van der Waals surface area contributed by atoms with Gasteiger partial charge in [-0.05, 0) is 60.7 Å². The second kappa shape index (κ2) is 7.93. The van der Waals surface area contributed by atoms with E-state index < -0.39 is 0 Å². The molecule has 0 fully saturated rings. The number of hydrogen-bond donors (Lipinski definition) is 1. The Balaban J connectivity index is 1.89. The third-order valence-corrected chi connectivity index (χ3v) is 4.82. The summed E-state index contributed by atoms with van der Waals surface area (Å²) in [6.07, 6.45) is 0. The Labute approximate surface area is 136 Å². The summed E-state index contributed by atoms with van der Waals surface area (Å²) in [5.74, 6) is 0. The Morgan fingerprint density at radius 2 is 1.60 bits per heavy atom. The average molecular weight is 399 g/mol. The first-order valence-electron chi connectivity index (χ1n) is 6.40. The van der Waals surface area contributed by atoms with Crippen molar-refractivity contribution in [2.75, 3.05) is 7.11 Å². The number of hydrogen-bond acceptors (Lipinski definition) is 2. The smallest absolute Gasteiger partial charge is 0.0713 e. The zero-order chi connectivity index (χ0) is 14.4. The number of benzene rings is 2. The third-order valence-electron chi connectivity index (χ3n) is 2.94. The van der Waals surface area contributed by atoms with Gasteiger partial charge in [-0.3, -0.25) is 0 Å². The molecule has 0 unspecified atom stereocenters. The Hall–Kier alpha value is -0.680. The van der Waals surface area contributed by atoms with Crippen molar-refractivity contribution in [1.82, 2.24) is 5.32 Å². The third kappa shape index (κ3) is 4.70. The Morgan fingerprint density at radius 1 is 0.900 bits per heavy atom. The molecule has 0 spiro atoms. The highest BCUT2D eigenvalue weighted by atomic mass is 79.9. The highest BCUT2D eigenvalue weighted by Crippen LogP contribution is 2.23. The predicted octanol–water partition coefficient (Wildman–Crippen LogP) is 4.65. The van der Waals surface area contributed by atoms with E-state index >= 15 is 0 Å². The molecule has 0 bridgehead atoms. The molecule has 2 aromatic carbocycles. The fraction of sp³-hybridized carbons (Fsp3) is 0.250. The summed E-state index contributed by atoms with van der Waals surface area (Å²) >= 11 is 7.00. The lowest BCUT2D eigenvalue weighted by atomic mass is 10.1. The van der Waals surface area contributed by atoms with Gasteiger partial charge in [0.25, 0.3) is 0 Å². The Bertz CT molecular complexity index is 572. The van der Waals surface area contributed by atoms with Gasteiger partial charge < -0.3 is 10.1 Å². The maximum absolute atomic E-state index is 5.15. The van der Waals surface area contributed by atoms with Gasteiger partial charge in [0.2, 0.25) is 0 Å². The first-order chi connectivity index (χ1) is 9.69. The van der Waals surface area contributed by atoms with Crippen LogP contribution in [0.25, 0.3) is 0 Å². The first kappa shape index (κ1) is 15.7. The van der Waals surface area contributed by atoms with Crippen LogP contribution in [0.4, 0.5) is 0 Å². The van der Waals surface area contributed by atoms with Crippen molar-refractivity contribution in [2.24, 2.45) is 0 Å². The van der Waals surface area contributed by atoms with E-state index in [1.165, 1.54) is 16.7 Å². The molecule has 0 saturated carbocycles. The van der Waals surface area contributed by atoms with Crippen LogP contribution in [0.15, 0.2) is 51.4 Å². The van der Waals surface area contributed by atoms with Crippen molar-refractivity contribution in [3.05, 3.63) is 68.1 Å². The van der Waals surface area contributed by atoms with Crippen LogP contribution >= 0.6 is 31.9 Å². The molecule has 2 rings (SSSR count). The van der Waals surface area contributed by atoms with Gasteiger partial charge in [-0.2, -0.15) is 0 Å². The van der Waals surface area contributed by atoms with Crippen molar-refractivity contribution in [3.63, 3.8) is 0 Å². The monoisotopic (exact) mass is 397 g/mol. The molecule has 0 atom stereocenters. The van der Waals surface area contributed by atoms with Crippen LogP contribution in [-0.4, -0.2) is 7.11 Å². The van der Waals surface area contributed by atoms with Crippen LogP contribution in [0.2, 0.25) is 0 Å². The second-order valence-corrected chi connectivity index (χ2v) is 6.31. The second-order valence-electron chi connectivity index (χ2n) is 4.60. The van der Waals surface area contributed by atoms with E-state index in [9.17, 15) is 0 Å². The van der Waals surface area contributed by atoms with Crippen LogP contribution in [0.3, 0.4) is 0 Å². The summed E-state index contributed by atoms with van der Waals surface area (Å²) in [5, 5.41) is 3.46. The van der Waals surface area contributed by atoms with Crippen molar-refractivity contribution in [1.29, 1.82) is 0 Å². The van der Waals surface area contributed by atoms with Crippen LogP contribution in [0.1, 0.15) is 16.7 Å². The van der Waals surface area contributed by atoms with Crippen molar-refractivity contribution >= 4 is 31.9 Å². The first-order valence-corrected chi connectivity index (χ1v) is 7.99. The molecule has 0 aliphatic carbocycles. The lowest BCUT2D eigenvalue weighted by Crippen LogP contribution is -2.12. The molecule has 2 aromatic rings. The van der Waals surface area contributed by atoms with Crippen molar-refractivity contribution in [2.45, 2.75) is 19.7 Å². The summed E-state index contributed by atoms with van der Waals surface area (Å²) in [7, 11) is 1.72. The predicted molar refractivity (Wildman–Crippen MR) is 89.5 cm³/mol. The Morgan fingerprint density at radius 3 is 2.30 bits per heavy atom. The summed E-state index contributed by atoms with van der Waals surface area (Å²) < 4.78 is 7.31. The van der Waals surface area contributed by atoms with E-state index in [4.69, 9.17) is 4.74 Å². The molecule has 1 N–H and O–H groups in total. The minimum absolute atomic E-state index is 0.660. The molecule has 0 amide bonds. The molecule has 0 aliphatic heterocycles. The Kier molecular flexibility index (Phi) is 6.23. The van der Waals surface area contributed by atoms with E-state index in [1.54, 1.807) is 7.11 Å². The minimum Gasteiger partial charge on any atom is -0.380 e. The lowest BCUT2D eigenvalue weighted by Gasteiger charge is -2.08. The summed E-state index contributed by atoms with van der Waals surface area (Å²) in [5.41, 5.74) is 3.74. The highest BCUT2D eigenvalue weighted by molar-refractivity contribution is 9.13. The molecular weight excluding hydrogens is 382 g/mol. The van der Waals surface area contributed by atoms with Gasteiger partial charge in [0.15, 0.2) is 0 Å². The highest BCUT2D eigenvalue weighted by Gasteiger charge is 2.00. The van der Waals surface area contributed by atoms with Gasteiger partial charge in [0, 0.05) is 29.1 Å². The molecule has 2 nitrogen and oxygen atoms in total. The van der Waals surface area contributed by atoms with Crippen molar-refractivity contribution < 1.29 is 4.74 Å². The number of rotatable bonds is 6. The molecular formula is C16H17Br2NO. The number of ether oxygens (including phenoxy) is 1. The molecule has 4 heteroatoms. The SMILES string of the molecule is COCc1cccc(CNCc2ccc(Br)c(Br)c2)c1. The summed E-state index contributed by atoms with van der Waals surface area (Å²) in [6, 6.07) is 14.7. The topological polar surface area (TPSA) is 21.3 Å². The van der Waals surface area contributed by atoms with Crippen molar-refractivity contribution in [3.8, 4) is 0 Å². The molecule has 0 aromatic heterocycles. The molecule has 0 aliphatic rings. The van der Waals surface area contributed by atoms with Crippen LogP contribution in [0, 0.1) is 0 Å². The van der Waals surface area contributed by atoms with Gasteiger partial charge >= 0.3 is 0 Å². The molecule has 0 saturated heterocycles. The minimum atomic E-state index is 0.660. The van der Waals surface area contributed by atoms with E-state index in [1.807, 2.05) is 0 Å². The largest absolute Gasteiger partial charge is 0.380 e. The fourth-order valence-corrected chi connectivity index (χ4v) is 2.67. The van der Waals surface area contributed by atoms with Crippen LogP contribution < -0.4 is 5.32 Å². The molecule has 0 radical (unpaired) electrons. The number of methoxy groups -OCH3 is 1. The number of halogens is 2. The maximum Gasteiger partial charge on any atom is 0.0713 e. The summed E-state index contributed by atoms with van der Waals surface area (Å²) in [4.78, 5) is 0. The van der Waals surface area contributed by atoms with E-state index in [0.29, 0.717) is 6.61 Å². The average Bonchev–Trinajstić information content (AvgIpc) is 2.44. The van der Waals surface area contributed by atoms with E-state index in [2.05, 4.69) is 79.6 Å². The maximum atomic E-state index is 5.15. The number of nitrogens with one attached hydrogen (secondary N) is 1. The molecule has 20 heavy (non-hydrogen) atoms. The molecule has 106 valence electrons. The van der Waals surface area contributed by atoms with Gasteiger partial charge in [-0.1, -0.05) is 30.3 Å². The normalized spacial score (nSPS) is 10.8. The van der Waals surface area contributed by atoms with Gasteiger partial charge in [0.05, 0.1) is 6.61 Å². The summed E-state index contributed by atoms with van der Waals surface area (Å²) in [6.45, 7) is 2.36. The van der Waals surface area contributed by atoms with Gasteiger partial charge in [0.1, 0.15) is 0 Å². The zero-order valence-corrected chi connectivity index (χ0v) is 14.5. The zero-order valence-electron chi connectivity index (χ0n) is 11.3. The van der Waals surface area contributed by atoms with Gasteiger partial charge in [-0.25, -0.2) is 0 Å². The quantitative estimate of drug-likeness (QED) is 0.764. The standard InChI is InChI=1S/C16H17Br2NO/c1-20-11-14-4-2-3-12(7-14)9-19-10-13-5-6-15(17)16(18)8-13/h2-8,19H,9-11H2,1H3. The van der Waals surface area contributed by atoms with E-state index in [0.717, 1.165) is 22.0 Å². The fourth-order valence-electron chi connectivity index (χ4n) is 2.00. The van der Waals surface area contributed by atoms with E-state index in [-0.39, 0.29) is 0 Å². The van der Waals surface area contributed by atoms with Crippen LogP contribution in [-0.2, 0) is 24.4 Å².